The average Bonchev–Trinajstić information content (AvgIpc) is 3.28. The Morgan fingerprint density at radius 2 is 2.00 bits per heavy atom. The molecule has 3 aliphatic rings. The molecule has 0 bridgehead atoms. The third-order valence-electron chi connectivity index (χ3n) is 8.70. The third kappa shape index (κ3) is 4.16. The van der Waals surface area contributed by atoms with Crippen molar-refractivity contribution in [3.63, 3.8) is 0 Å². The van der Waals surface area contributed by atoms with E-state index in [1.807, 2.05) is 19.9 Å². The summed E-state index contributed by atoms with van der Waals surface area (Å²) in [6, 6.07) is 1.85. The molecule has 35 heavy (non-hydrogen) atoms. The highest BCUT2D eigenvalue weighted by Gasteiger charge is 2.67. The SMILES string of the molecule is CC#Cc1occc1C1CC(=O)C2CCC3(C)C(C(=O)OC)CC(OC(=O)CBr)C(=O)C3C2(C)C1. The van der Waals surface area contributed by atoms with Crippen molar-refractivity contribution in [2.24, 2.45) is 28.6 Å². The predicted molar refractivity (Wildman–Crippen MR) is 129 cm³/mol. The van der Waals surface area contributed by atoms with Crippen molar-refractivity contribution in [1.82, 2.24) is 0 Å². The number of hydrogen-bond acceptors (Lipinski definition) is 7. The fourth-order valence-corrected chi connectivity index (χ4v) is 7.48. The molecular formula is C27H31BrO7. The number of fused-ring (bicyclic) bond motifs is 3. The van der Waals surface area contributed by atoms with Gasteiger partial charge in [0.25, 0.3) is 0 Å². The molecule has 0 aliphatic heterocycles. The minimum atomic E-state index is -1.05. The smallest absolute Gasteiger partial charge is 0.317 e. The summed E-state index contributed by atoms with van der Waals surface area (Å²) < 4.78 is 16.2. The lowest BCUT2D eigenvalue weighted by Crippen LogP contribution is -2.64. The maximum absolute atomic E-state index is 14.0. The van der Waals surface area contributed by atoms with Crippen LogP contribution in [0.1, 0.15) is 70.1 Å². The van der Waals surface area contributed by atoms with Gasteiger partial charge in [0.1, 0.15) is 11.1 Å². The molecule has 3 fully saturated rings. The van der Waals surface area contributed by atoms with Crippen LogP contribution in [0.4, 0.5) is 0 Å². The summed E-state index contributed by atoms with van der Waals surface area (Å²) in [6.45, 7) is 5.68. The molecule has 0 N–H and O–H groups in total. The van der Waals surface area contributed by atoms with Gasteiger partial charge in [-0.2, -0.15) is 0 Å². The van der Waals surface area contributed by atoms with Crippen LogP contribution in [0.15, 0.2) is 16.7 Å². The highest BCUT2D eigenvalue weighted by molar-refractivity contribution is 9.09. The second-order valence-corrected chi connectivity index (χ2v) is 11.1. The first-order chi connectivity index (χ1) is 16.6. The number of methoxy groups -OCH3 is 1. The molecule has 0 aromatic carbocycles. The molecule has 3 saturated carbocycles. The largest absolute Gasteiger partial charge is 0.469 e. The Labute approximate surface area is 213 Å². The minimum Gasteiger partial charge on any atom is -0.469 e. The van der Waals surface area contributed by atoms with Gasteiger partial charge in [0.05, 0.1) is 19.3 Å². The van der Waals surface area contributed by atoms with Crippen molar-refractivity contribution < 1.29 is 33.1 Å². The summed E-state index contributed by atoms with van der Waals surface area (Å²) in [5.74, 6) is 3.57. The first-order valence-corrected chi connectivity index (χ1v) is 13.1. The molecule has 7 unspecified atom stereocenters. The molecule has 0 spiro atoms. The van der Waals surface area contributed by atoms with Crippen molar-refractivity contribution >= 4 is 39.4 Å². The second kappa shape index (κ2) is 9.57. The van der Waals surface area contributed by atoms with Gasteiger partial charge < -0.3 is 13.9 Å². The number of furan rings is 1. The zero-order valence-corrected chi connectivity index (χ0v) is 22.1. The van der Waals surface area contributed by atoms with Crippen LogP contribution in [0.2, 0.25) is 0 Å². The second-order valence-electron chi connectivity index (χ2n) is 10.5. The molecule has 1 heterocycles. The molecule has 1 aromatic heterocycles. The summed E-state index contributed by atoms with van der Waals surface area (Å²) in [7, 11) is 1.33. The Morgan fingerprint density at radius 1 is 1.26 bits per heavy atom. The van der Waals surface area contributed by atoms with Crippen molar-refractivity contribution in [3.8, 4) is 11.8 Å². The van der Waals surface area contributed by atoms with Crippen LogP contribution in [-0.4, -0.2) is 42.0 Å². The molecule has 0 saturated heterocycles. The summed E-state index contributed by atoms with van der Waals surface area (Å²) in [5.41, 5.74) is -0.559. The highest BCUT2D eigenvalue weighted by atomic mass is 79.9. The van der Waals surface area contributed by atoms with Crippen molar-refractivity contribution in [2.45, 2.75) is 64.9 Å². The lowest BCUT2D eigenvalue weighted by atomic mass is 9.41. The third-order valence-corrected chi connectivity index (χ3v) is 9.16. The lowest BCUT2D eigenvalue weighted by Gasteiger charge is -2.61. The molecule has 1 aromatic rings. The maximum atomic E-state index is 14.0. The molecule has 0 radical (unpaired) electrons. The van der Waals surface area contributed by atoms with E-state index in [0.717, 1.165) is 5.56 Å². The van der Waals surface area contributed by atoms with Gasteiger partial charge in [0, 0.05) is 30.2 Å². The normalized spacial score (nSPS) is 36.3. The predicted octanol–water partition coefficient (Wildman–Crippen LogP) is 4.21. The number of esters is 2. The van der Waals surface area contributed by atoms with Crippen LogP contribution in [0.25, 0.3) is 0 Å². The standard InChI is InChI=1S/C27H31BrO7/c1-5-6-20-16(8-10-34-20)15-11-19(29)17-7-9-26(2)18(25(32)33-4)12-21(35-22(30)14-28)23(31)24(26)27(17,3)13-15/h8,10,15,17-18,21,24H,7,9,11-14H2,1-4H3. The first kappa shape index (κ1) is 25.7. The van der Waals surface area contributed by atoms with Gasteiger partial charge in [-0.3, -0.25) is 19.2 Å². The summed E-state index contributed by atoms with van der Waals surface area (Å²) in [5, 5.41) is -0.0518. The lowest BCUT2D eigenvalue weighted by molar-refractivity contribution is -0.192. The number of ether oxygens (including phenoxy) is 2. The number of Topliss-reactive ketones (excluding diaryl/α,β-unsaturated/α-hetero) is 2. The number of ketones is 2. The van der Waals surface area contributed by atoms with Gasteiger partial charge in [0.15, 0.2) is 17.6 Å². The van der Waals surface area contributed by atoms with Crippen molar-refractivity contribution in [2.75, 3.05) is 12.4 Å². The van der Waals surface area contributed by atoms with E-state index >= 15 is 0 Å². The molecule has 188 valence electrons. The summed E-state index contributed by atoms with van der Waals surface area (Å²) in [6.07, 6.45) is 2.70. The zero-order chi connectivity index (χ0) is 25.5. The molecular weight excluding hydrogens is 516 g/mol. The molecule has 0 amide bonds. The minimum absolute atomic E-state index is 0.0518. The number of alkyl halides is 1. The Morgan fingerprint density at radius 3 is 2.66 bits per heavy atom. The number of hydrogen-bond donors (Lipinski definition) is 0. The van der Waals surface area contributed by atoms with Gasteiger partial charge in [-0.25, -0.2) is 0 Å². The monoisotopic (exact) mass is 546 g/mol. The Kier molecular flexibility index (Phi) is 7.02. The number of carbonyl (C=O) groups is 4. The topological polar surface area (TPSA) is 99.9 Å². The van der Waals surface area contributed by atoms with Crippen LogP contribution < -0.4 is 0 Å². The highest BCUT2D eigenvalue weighted by Crippen LogP contribution is 2.65. The van der Waals surface area contributed by atoms with E-state index in [-0.39, 0.29) is 35.2 Å². The fourth-order valence-electron chi connectivity index (χ4n) is 7.35. The Bertz CT molecular complexity index is 1110. The molecule has 4 rings (SSSR count). The molecule has 7 atom stereocenters. The number of rotatable bonds is 4. The fraction of sp³-hybridized carbons (Fsp3) is 0.630. The van der Waals surface area contributed by atoms with Gasteiger partial charge in [-0.05, 0) is 54.9 Å². The Hall–Kier alpha value is -2.40. The van der Waals surface area contributed by atoms with Crippen LogP contribution in [0.3, 0.4) is 0 Å². The van der Waals surface area contributed by atoms with E-state index in [0.29, 0.717) is 31.4 Å². The molecule has 8 heteroatoms. The quantitative estimate of drug-likeness (QED) is 0.317. The van der Waals surface area contributed by atoms with E-state index in [2.05, 4.69) is 27.8 Å². The van der Waals surface area contributed by atoms with Crippen molar-refractivity contribution in [1.29, 1.82) is 0 Å². The van der Waals surface area contributed by atoms with Crippen LogP contribution in [0.5, 0.6) is 0 Å². The Balaban J connectivity index is 1.79. The van der Waals surface area contributed by atoms with Crippen LogP contribution in [-0.2, 0) is 28.7 Å². The van der Waals surface area contributed by atoms with E-state index in [1.54, 1.807) is 13.2 Å². The first-order valence-electron chi connectivity index (χ1n) is 12.0. The summed E-state index contributed by atoms with van der Waals surface area (Å²) >= 11 is 3.08. The van der Waals surface area contributed by atoms with Gasteiger partial charge >= 0.3 is 11.9 Å². The van der Waals surface area contributed by atoms with E-state index in [1.165, 1.54) is 7.11 Å². The zero-order valence-electron chi connectivity index (χ0n) is 20.5. The van der Waals surface area contributed by atoms with Crippen LogP contribution in [0, 0.1) is 40.4 Å². The van der Waals surface area contributed by atoms with Gasteiger partial charge in [-0.15, -0.1) is 0 Å². The van der Waals surface area contributed by atoms with Crippen molar-refractivity contribution in [3.05, 3.63) is 23.7 Å². The number of carbonyl (C=O) groups excluding carboxylic acids is 4. The summed E-state index contributed by atoms with van der Waals surface area (Å²) in [4.78, 5) is 52.6. The average molecular weight is 547 g/mol. The molecule has 7 nitrogen and oxygen atoms in total. The van der Waals surface area contributed by atoms with Gasteiger partial charge in [0.2, 0.25) is 0 Å². The van der Waals surface area contributed by atoms with Crippen LogP contribution >= 0.6 is 15.9 Å². The number of halogens is 1. The van der Waals surface area contributed by atoms with E-state index in [4.69, 9.17) is 13.9 Å². The van der Waals surface area contributed by atoms with E-state index in [9.17, 15) is 19.2 Å². The van der Waals surface area contributed by atoms with E-state index < -0.39 is 40.7 Å². The maximum Gasteiger partial charge on any atom is 0.317 e. The van der Waals surface area contributed by atoms with Gasteiger partial charge in [-0.1, -0.05) is 35.7 Å². The molecule has 3 aliphatic carbocycles.